The predicted octanol–water partition coefficient (Wildman–Crippen LogP) is 4.75. The van der Waals surface area contributed by atoms with Gasteiger partial charge in [0, 0.05) is 56.1 Å². The largest absolute Gasteiger partial charge is 0.508 e. The fraction of sp³-hybridized carbons (Fsp3) is 0.441. The van der Waals surface area contributed by atoms with Gasteiger partial charge in [-0.1, -0.05) is 12.0 Å². The maximum absolute atomic E-state index is 17.0. The molecule has 12 heteroatoms. The molecular formula is C34H34F3N7O2. The fourth-order valence-electron chi connectivity index (χ4n) is 8.16. The number of aromatic nitrogens is 3. The molecule has 46 heavy (non-hydrogen) atoms. The van der Waals surface area contributed by atoms with E-state index in [0.29, 0.717) is 48.5 Å². The lowest BCUT2D eigenvalue weighted by Crippen LogP contribution is -2.51. The SMILES string of the molecule is C#Cc1c(F)ccc2cc(O)cc(-c3nc(NC)c4c(N5CC6CCC(C5)N6)nc(OC[C@@]56CCCN5C[C@H](F)C6)nc4c3F)c12. The fourth-order valence-corrected chi connectivity index (χ4v) is 8.16. The minimum absolute atomic E-state index is 0.00820. The van der Waals surface area contributed by atoms with Crippen LogP contribution in [0.4, 0.5) is 24.8 Å². The number of benzene rings is 2. The van der Waals surface area contributed by atoms with Crippen LogP contribution in [0, 0.1) is 24.0 Å². The normalized spacial score (nSPS) is 25.7. The van der Waals surface area contributed by atoms with Gasteiger partial charge in [-0.25, -0.2) is 18.2 Å². The number of halogens is 3. The van der Waals surface area contributed by atoms with Crippen LogP contribution in [0.3, 0.4) is 0 Å². The van der Waals surface area contributed by atoms with Gasteiger partial charge >= 0.3 is 6.01 Å². The minimum atomic E-state index is -0.924. The highest BCUT2D eigenvalue weighted by Crippen LogP contribution is 2.43. The first-order valence-electron chi connectivity index (χ1n) is 15.8. The van der Waals surface area contributed by atoms with Gasteiger partial charge in [0.25, 0.3) is 0 Å². The van der Waals surface area contributed by atoms with Crippen molar-refractivity contribution in [3.05, 3.63) is 41.5 Å². The molecule has 0 saturated carbocycles. The van der Waals surface area contributed by atoms with E-state index in [0.717, 1.165) is 32.2 Å². The van der Waals surface area contributed by atoms with E-state index in [-0.39, 0.29) is 58.2 Å². The zero-order valence-corrected chi connectivity index (χ0v) is 25.4. The van der Waals surface area contributed by atoms with Crippen molar-refractivity contribution in [1.29, 1.82) is 0 Å². The van der Waals surface area contributed by atoms with Gasteiger partial charge in [0.1, 0.15) is 47.2 Å². The van der Waals surface area contributed by atoms with Gasteiger partial charge in [-0.3, -0.25) is 4.90 Å². The van der Waals surface area contributed by atoms with E-state index in [9.17, 15) is 13.9 Å². The topological polar surface area (TPSA) is 98.7 Å². The van der Waals surface area contributed by atoms with E-state index in [4.69, 9.17) is 16.1 Å². The Morgan fingerprint density at radius 3 is 2.70 bits per heavy atom. The molecule has 4 aliphatic rings. The summed E-state index contributed by atoms with van der Waals surface area (Å²) in [6, 6.07) is 6.00. The number of aromatic hydroxyl groups is 1. The maximum atomic E-state index is 17.0. The van der Waals surface area contributed by atoms with Gasteiger partial charge in [0.05, 0.1) is 16.5 Å². The zero-order valence-electron chi connectivity index (χ0n) is 25.4. The van der Waals surface area contributed by atoms with E-state index in [1.807, 2.05) is 0 Å². The summed E-state index contributed by atoms with van der Waals surface area (Å²) >= 11 is 0. The molecule has 4 aliphatic heterocycles. The summed E-state index contributed by atoms with van der Waals surface area (Å²) in [5.74, 6) is 1.60. The molecule has 4 aromatic rings. The molecule has 0 aliphatic carbocycles. The van der Waals surface area contributed by atoms with E-state index in [1.54, 1.807) is 7.05 Å². The van der Waals surface area contributed by atoms with Crippen LogP contribution in [0.1, 0.15) is 37.7 Å². The van der Waals surface area contributed by atoms with Crippen LogP contribution >= 0.6 is 0 Å². The molecule has 3 N–H and O–H groups in total. The lowest BCUT2D eigenvalue weighted by atomic mass is 9.95. The van der Waals surface area contributed by atoms with Crippen molar-refractivity contribution in [3.63, 3.8) is 0 Å². The Morgan fingerprint density at radius 2 is 1.93 bits per heavy atom. The standard InChI is InChI=1S/C34H34F3N7O2/c1-3-23-25(36)8-5-18-11-22(45)12-24(26(18)23)29-28(37)30-27(31(38-2)40-29)32(43-15-20-6-7-21(16-43)39-20)42-33(41-30)46-17-34-9-4-10-44(34)14-19(35)13-34/h1,5,8,11-12,19-21,39,45H,4,6-7,9-10,13-17H2,2H3,(H,38,40)/t19-,20?,21?,34+/m1/s1. The van der Waals surface area contributed by atoms with Gasteiger partial charge < -0.3 is 25.4 Å². The first kappa shape index (κ1) is 29.1. The van der Waals surface area contributed by atoms with Crippen LogP contribution < -0.4 is 20.3 Å². The van der Waals surface area contributed by atoms with Crippen LogP contribution in [-0.2, 0) is 0 Å². The molecule has 2 unspecified atom stereocenters. The van der Waals surface area contributed by atoms with Crippen molar-refractivity contribution in [3.8, 4) is 35.4 Å². The van der Waals surface area contributed by atoms with Crippen LogP contribution in [0.5, 0.6) is 11.8 Å². The second-order valence-electron chi connectivity index (χ2n) is 13.0. The van der Waals surface area contributed by atoms with Crippen LogP contribution in [-0.4, -0.2) is 88.6 Å². The molecule has 2 aromatic heterocycles. The number of nitrogens with zero attached hydrogens (tertiary/aromatic N) is 5. The molecule has 6 heterocycles. The van der Waals surface area contributed by atoms with Gasteiger partial charge in [-0.05, 0) is 55.8 Å². The van der Waals surface area contributed by atoms with Crippen molar-refractivity contribution in [2.45, 2.75) is 55.9 Å². The molecule has 9 nitrogen and oxygen atoms in total. The summed E-state index contributed by atoms with van der Waals surface area (Å²) in [6.45, 7) is 2.70. The number of hydrogen-bond acceptors (Lipinski definition) is 9. The lowest BCUT2D eigenvalue weighted by molar-refractivity contribution is 0.107. The van der Waals surface area contributed by atoms with Crippen LogP contribution in [0.2, 0.25) is 0 Å². The Kier molecular flexibility index (Phi) is 6.88. The Balaban J connectivity index is 1.32. The summed E-state index contributed by atoms with van der Waals surface area (Å²) in [4.78, 5) is 18.4. The number of ether oxygens (including phenoxy) is 1. The van der Waals surface area contributed by atoms with Gasteiger partial charge in [-0.15, -0.1) is 6.42 Å². The summed E-state index contributed by atoms with van der Waals surface area (Å²) in [6.07, 6.45) is 8.99. The highest BCUT2D eigenvalue weighted by atomic mass is 19.1. The van der Waals surface area contributed by atoms with Gasteiger partial charge in [0.2, 0.25) is 0 Å². The van der Waals surface area contributed by atoms with Crippen molar-refractivity contribution >= 4 is 33.3 Å². The second kappa shape index (κ2) is 10.9. The van der Waals surface area contributed by atoms with E-state index < -0.39 is 23.3 Å². The summed E-state index contributed by atoms with van der Waals surface area (Å²) in [5.41, 5.74) is -0.577. The Labute approximate surface area is 264 Å². The third kappa shape index (κ3) is 4.59. The predicted molar refractivity (Wildman–Crippen MR) is 170 cm³/mol. The summed E-state index contributed by atoms with van der Waals surface area (Å²) in [7, 11) is 1.67. The Morgan fingerprint density at radius 1 is 1.13 bits per heavy atom. The molecular weight excluding hydrogens is 595 g/mol. The average Bonchev–Trinajstić information content (AvgIpc) is 3.70. The van der Waals surface area contributed by atoms with Crippen molar-refractivity contribution in [2.24, 2.45) is 0 Å². The highest BCUT2D eigenvalue weighted by Gasteiger charge is 2.49. The number of pyridine rings is 1. The monoisotopic (exact) mass is 629 g/mol. The minimum Gasteiger partial charge on any atom is -0.508 e. The molecule has 0 spiro atoms. The molecule has 8 rings (SSSR count). The first-order chi connectivity index (χ1) is 22.3. The summed E-state index contributed by atoms with van der Waals surface area (Å²) in [5, 5.41) is 18.4. The molecule has 0 amide bonds. The van der Waals surface area contributed by atoms with Gasteiger partial charge in [-0.2, -0.15) is 9.97 Å². The third-order valence-electron chi connectivity index (χ3n) is 10.2. The smallest absolute Gasteiger partial charge is 0.319 e. The molecule has 2 aromatic carbocycles. The Hall–Kier alpha value is -4.34. The number of hydrogen-bond donors (Lipinski definition) is 3. The quantitative estimate of drug-likeness (QED) is 0.261. The molecule has 0 radical (unpaired) electrons. The molecule has 238 valence electrons. The van der Waals surface area contributed by atoms with Crippen molar-refractivity contribution in [1.82, 2.24) is 25.2 Å². The molecule has 4 saturated heterocycles. The second-order valence-corrected chi connectivity index (χ2v) is 13.0. The summed E-state index contributed by atoms with van der Waals surface area (Å²) < 4.78 is 52.7. The lowest BCUT2D eigenvalue weighted by Gasteiger charge is -2.35. The molecule has 2 bridgehead atoms. The van der Waals surface area contributed by atoms with Crippen molar-refractivity contribution in [2.75, 3.05) is 50.1 Å². The first-order valence-corrected chi connectivity index (χ1v) is 15.8. The third-order valence-corrected chi connectivity index (χ3v) is 10.2. The van der Waals surface area contributed by atoms with E-state index in [2.05, 4.69) is 36.3 Å². The van der Waals surface area contributed by atoms with Gasteiger partial charge in [0.15, 0.2) is 5.82 Å². The number of alkyl halides is 1. The number of anilines is 2. The number of nitrogens with one attached hydrogen (secondary N) is 2. The number of piperazine rings is 1. The number of phenolic OH excluding ortho intramolecular Hbond substituents is 1. The average molecular weight is 630 g/mol. The Bertz CT molecular complexity index is 1920. The van der Waals surface area contributed by atoms with Crippen LogP contribution in [0.15, 0.2) is 24.3 Å². The van der Waals surface area contributed by atoms with E-state index >= 15 is 4.39 Å². The number of terminal acetylenes is 1. The molecule has 4 atom stereocenters. The van der Waals surface area contributed by atoms with E-state index in [1.165, 1.54) is 24.3 Å². The number of fused-ring (bicyclic) bond motifs is 5. The van der Waals surface area contributed by atoms with Crippen molar-refractivity contribution < 1.29 is 23.0 Å². The maximum Gasteiger partial charge on any atom is 0.319 e. The zero-order chi connectivity index (χ0) is 31.7. The van der Waals surface area contributed by atoms with Crippen LogP contribution in [0.25, 0.3) is 32.9 Å². The number of phenols is 1. The highest BCUT2D eigenvalue weighted by molar-refractivity contribution is 6.05. The molecule has 4 fully saturated rings. The number of rotatable bonds is 6.